The SMILES string of the molecule is COc1cc([C@@H]2CC(=O)C3=C(C2)Nc2nc(N)nn2[C@H]3c2cccc(Br)c2)cc(OC)c1OC. The molecular formula is C24H24BrN5O4. The van der Waals surface area contributed by atoms with Crippen molar-refractivity contribution in [1.29, 1.82) is 0 Å². The first-order valence-electron chi connectivity index (χ1n) is 10.7. The van der Waals surface area contributed by atoms with Crippen LogP contribution in [0.3, 0.4) is 0 Å². The molecule has 2 atom stereocenters. The molecule has 3 N–H and O–H groups in total. The molecule has 1 aliphatic carbocycles. The van der Waals surface area contributed by atoms with Crippen LogP contribution in [0.4, 0.5) is 11.9 Å². The van der Waals surface area contributed by atoms with E-state index in [1.54, 1.807) is 26.0 Å². The summed E-state index contributed by atoms with van der Waals surface area (Å²) in [6, 6.07) is 11.2. The Hall–Kier alpha value is -3.53. The lowest BCUT2D eigenvalue weighted by molar-refractivity contribution is -0.116. The maximum Gasteiger partial charge on any atom is 0.241 e. The minimum Gasteiger partial charge on any atom is -0.493 e. The highest BCUT2D eigenvalue weighted by molar-refractivity contribution is 9.10. The number of methoxy groups -OCH3 is 3. The molecule has 0 amide bonds. The van der Waals surface area contributed by atoms with E-state index in [2.05, 4.69) is 31.3 Å². The molecule has 2 aromatic carbocycles. The molecule has 0 bridgehead atoms. The molecule has 10 heteroatoms. The van der Waals surface area contributed by atoms with Gasteiger partial charge < -0.3 is 25.3 Å². The van der Waals surface area contributed by atoms with Gasteiger partial charge in [0.15, 0.2) is 17.3 Å². The third-order valence-corrected chi connectivity index (χ3v) is 6.75. The number of hydrogen-bond acceptors (Lipinski definition) is 8. The fraction of sp³-hybridized carbons (Fsp3) is 0.292. The van der Waals surface area contributed by atoms with Gasteiger partial charge in [0, 0.05) is 22.2 Å². The molecule has 5 rings (SSSR count). The second kappa shape index (κ2) is 8.68. The van der Waals surface area contributed by atoms with E-state index < -0.39 is 6.04 Å². The third-order valence-electron chi connectivity index (χ3n) is 6.26. The maximum absolute atomic E-state index is 13.6. The van der Waals surface area contributed by atoms with Crippen molar-refractivity contribution < 1.29 is 19.0 Å². The van der Waals surface area contributed by atoms with Crippen LogP contribution in [0.1, 0.15) is 35.9 Å². The number of fused-ring (bicyclic) bond motifs is 1. The molecular weight excluding hydrogens is 502 g/mol. The highest BCUT2D eigenvalue weighted by Gasteiger charge is 2.40. The zero-order valence-electron chi connectivity index (χ0n) is 19.0. The predicted octanol–water partition coefficient (Wildman–Crippen LogP) is 4.06. The number of nitrogens with zero attached hydrogens (tertiary/aromatic N) is 3. The monoisotopic (exact) mass is 525 g/mol. The van der Waals surface area contributed by atoms with Gasteiger partial charge in [-0.25, -0.2) is 4.68 Å². The second-order valence-corrected chi connectivity index (χ2v) is 9.12. The predicted molar refractivity (Wildman–Crippen MR) is 130 cm³/mol. The largest absolute Gasteiger partial charge is 0.493 e. The second-order valence-electron chi connectivity index (χ2n) is 8.20. The molecule has 0 fully saturated rings. The number of nitrogens with two attached hydrogens (primary N) is 1. The summed E-state index contributed by atoms with van der Waals surface area (Å²) in [6.45, 7) is 0. The van der Waals surface area contributed by atoms with E-state index in [0.717, 1.165) is 21.3 Å². The number of rotatable bonds is 5. The number of ether oxygens (including phenoxy) is 3. The van der Waals surface area contributed by atoms with Crippen LogP contribution in [0.25, 0.3) is 0 Å². The van der Waals surface area contributed by atoms with E-state index in [9.17, 15) is 4.79 Å². The van der Waals surface area contributed by atoms with Crippen molar-refractivity contribution in [3.63, 3.8) is 0 Å². The summed E-state index contributed by atoms with van der Waals surface area (Å²) in [7, 11) is 4.73. The number of anilines is 2. The molecule has 1 aromatic heterocycles. The van der Waals surface area contributed by atoms with Gasteiger partial charge in [0.05, 0.1) is 21.3 Å². The van der Waals surface area contributed by atoms with Crippen LogP contribution in [0, 0.1) is 0 Å². The van der Waals surface area contributed by atoms with Gasteiger partial charge in [0.25, 0.3) is 0 Å². The Bertz CT molecular complexity index is 1290. The highest BCUT2D eigenvalue weighted by Crippen LogP contribution is 2.47. The number of nitrogen functional groups attached to an aromatic ring is 1. The van der Waals surface area contributed by atoms with Crippen molar-refractivity contribution in [2.75, 3.05) is 32.4 Å². The summed E-state index contributed by atoms with van der Waals surface area (Å²) in [5.74, 6) is 2.25. The van der Waals surface area contributed by atoms with Crippen LogP contribution in [0.15, 0.2) is 52.1 Å². The highest BCUT2D eigenvalue weighted by atomic mass is 79.9. The lowest BCUT2D eigenvalue weighted by Crippen LogP contribution is -2.33. The number of hydrogen-bond donors (Lipinski definition) is 2. The molecule has 0 radical (unpaired) electrons. The lowest BCUT2D eigenvalue weighted by Gasteiger charge is -2.35. The van der Waals surface area contributed by atoms with Crippen LogP contribution in [0.2, 0.25) is 0 Å². The Kier molecular flexibility index (Phi) is 5.68. The molecule has 3 aromatic rings. The number of halogens is 1. The Balaban J connectivity index is 1.59. The summed E-state index contributed by atoms with van der Waals surface area (Å²) in [5.41, 5.74) is 9.28. The number of nitrogens with one attached hydrogen (secondary N) is 1. The standard InChI is InChI=1S/C24H24BrN5O4/c1-32-18-10-14(11-19(33-2)22(18)34-3)13-8-16-20(17(31)9-13)21(12-5-4-6-15(25)7-12)30-24(27-16)28-23(26)29-30/h4-7,10-11,13,21H,8-9H2,1-3H3,(H3,26,27,28,29)/t13-,21-/m0/s1. The zero-order chi connectivity index (χ0) is 24.0. The topological polar surface area (TPSA) is 114 Å². The van der Waals surface area contributed by atoms with E-state index in [0.29, 0.717) is 41.6 Å². The zero-order valence-corrected chi connectivity index (χ0v) is 20.5. The molecule has 34 heavy (non-hydrogen) atoms. The fourth-order valence-electron chi connectivity index (χ4n) is 4.79. The average molecular weight is 526 g/mol. The van der Waals surface area contributed by atoms with Gasteiger partial charge in [0.2, 0.25) is 17.6 Å². The Morgan fingerprint density at radius 3 is 2.44 bits per heavy atom. The quantitative estimate of drug-likeness (QED) is 0.512. The summed E-state index contributed by atoms with van der Waals surface area (Å²) in [6.07, 6.45) is 0.945. The Morgan fingerprint density at radius 1 is 1.06 bits per heavy atom. The lowest BCUT2D eigenvalue weighted by atomic mass is 9.78. The Labute approximate surface area is 205 Å². The van der Waals surface area contributed by atoms with Gasteiger partial charge in [-0.2, -0.15) is 4.98 Å². The van der Waals surface area contributed by atoms with Crippen molar-refractivity contribution in [3.05, 3.63) is 63.3 Å². The third kappa shape index (κ3) is 3.67. The van der Waals surface area contributed by atoms with Crippen molar-refractivity contribution in [2.45, 2.75) is 24.8 Å². The van der Waals surface area contributed by atoms with Crippen molar-refractivity contribution in [2.24, 2.45) is 0 Å². The van der Waals surface area contributed by atoms with E-state index in [1.165, 1.54) is 0 Å². The number of carbonyl (C=O) groups is 1. The molecule has 1 aliphatic heterocycles. The van der Waals surface area contributed by atoms with Crippen LogP contribution in [0.5, 0.6) is 17.2 Å². The van der Waals surface area contributed by atoms with E-state index in [-0.39, 0.29) is 17.6 Å². The number of allylic oxidation sites excluding steroid dienone is 2. The number of ketones is 1. The van der Waals surface area contributed by atoms with E-state index in [4.69, 9.17) is 19.9 Å². The number of Topliss-reactive ketones (excluding diaryl/α,β-unsaturated/α-hetero) is 1. The summed E-state index contributed by atoms with van der Waals surface area (Å²) in [4.78, 5) is 18.0. The van der Waals surface area contributed by atoms with Gasteiger partial charge in [-0.1, -0.05) is 28.1 Å². The fourth-order valence-corrected chi connectivity index (χ4v) is 5.20. The first-order valence-corrected chi connectivity index (χ1v) is 11.5. The minimum absolute atomic E-state index is 0.0391. The van der Waals surface area contributed by atoms with Gasteiger partial charge in [-0.05, 0) is 47.7 Å². The maximum atomic E-state index is 13.6. The van der Waals surface area contributed by atoms with Crippen LogP contribution < -0.4 is 25.3 Å². The van der Waals surface area contributed by atoms with Crippen molar-refractivity contribution in [1.82, 2.24) is 14.8 Å². The molecule has 2 aliphatic rings. The summed E-state index contributed by atoms with van der Waals surface area (Å²) >= 11 is 3.54. The molecule has 0 spiro atoms. The normalized spacial score (nSPS) is 19.2. The van der Waals surface area contributed by atoms with Crippen molar-refractivity contribution in [3.8, 4) is 17.2 Å². The first kappa shape index (κ1) is 22.3. The minimum atomic E-state index is -0.415. The van der Waals surface area contributed by atoms with E-state index >= 15 is 0 Å². The number of aromatic nitrogens is 3. The smallest absolute Gasteiger partial charge is 0.241 e. The van der Waals surface area contributed by atoms with Gasteiger partial charge in [-0.15, -0.1) is 5.10 Å². The summed E-state index contributed by atoms with van der Waals surface area (Å²) in [5, 5.41) is 7.69. The average Bonchev–Trinajstić information content (AvgIpc) is 3.20. The summed E-state index contributed by atoms with van der Waals surface area (Å²) < 4.78 is 19.1. The van der Waals surface area contributed by atoms with Gasteiger partial charge in [0.1, 0.15) is 6.04 Å². The number of benzene rings is 2. The van der Waals surface area contributed by atoms with Crippen LogP contribution in [-0.4, -0.2) is 41.9 Å². The van der Waals surface area contributed by atoms with E-state index in [1.807, 2.05) is 36.4 Å². The van der Waals surface area contributed by atoms with Gasteiger partial charge >= 0.3 is 0 Å². The van der Waals surface area contributed by atoms with Crippen LogP contribution >= 0.6 is 15.9 Å². The Morgan fingerprint density at radius 2 is 1.79 bits per heavy atom. The molecule has 9 nitrogen and oxygen atoms in total. The molecule has 176 valence electrons. The first-order chi connectivity index (χ1) is 16.4. The number of carbonyl (C=O) groups excluding carboxylic acids is 1. The molecule has 2 heterocycles. The molecule has 0 saturated heterocycles. The molecule has 0 saturated carbocycles. The van der Waals surface area contributed by atoms with Gasteiger partial charge in [-0.3, -0.25) is 4.79 Å². The van der Waals surface area contributed by atoms with Crippen molar-refractivity contribution >= 4 is 33.6 Å². The van der Waals surface area contributed by atoms with Crippen LogP contribution in [-0.2, 0) is 4.79 Å². The molecule has 0 unspecified atom stereocenters.